The van der Waals surface area contributed by atoms with Gasteiger partial charge >= 0.3 is 5.56 Å². The topological polar surface area (TPSA) is 125 Å². The number of sulfonamides is 1. The highest BCUT2D eigenvalue weighted by atomic mass is 32.2. The Hall–Kier alpha value is -3.08. The molecule has 3 aromatic rings. The van der Waals surface area contributed by atoms with Gasteiger partial charge in [0, 0.05) is 12.0 Å². The molecule has 0 aliphatic heterocycles. The molecule has 164 valence electrons. The molecule has 0 spiro atoms. The van der Waals surface area contributed by atoms with Crippen LogP contribution in [0.25, 0.3) is 16.8 Å². The van der Waals surface area contributed by atoms with Crippen molar-refractivity contribution >= 4 is 10.0 Å². The summed E-state index contributed by atoms with van der Waals surface area (Å²) in [6.07, 6.45) is 1.66. The molecular formula is C21H22FN3O5S. The predicted octanol–water partition coefficient (Wildman–Crippen LogP) is 2.23. The Morgan fingerprint density at radius 1 is 1.13 bits per heavy atom. The lowest BCUT2D eigenvalue weighted by Crippen LogP contribution is -2.26. The first kappa shape index (κ1) is 22.6. The number of aliphatic hydroxyl groups is 1. The number of primary sulfonamides is 1. The Morgan fingerprint density at radius 3 is 2.29 bits per heavy atom. The highest BCUT2D eigenvalue weighted by molar-refractivity contribution is 7.89. The summed E-state index contributed by atoms with van der Waals surface area (Å²) in [5.41, 5.74) is -0.424. The molecule has 3 rings (SSSR count). The molecule has 0 atom stereocenters. The minimum atomic E-state index is -3.87. The molecule has 1 aromatic heterocycles. The van der Waals surface area contributed by atoms with Crippen molar-refractivity contribution in [2.75, 3.05) is 6.61 Å². The number of nitrogens with zero attached hydrogens (tertiary/aromatic N) is 2. The van der Waals surface area contributed by atoms with Crippen molar-refractivity contribution in [3.8, 4) is 22.6 Å². The van der Waals surface area contributed by atoms with Crippen LogP contribution in [-0.4, -0.2) is 35.5 Å². The van der Waals surface area contributed by atoms with Crippen LogP contribution < -0.4 is 15.4 Å². The predicted molar refractivity (Wildman–Crippen MR) is 113 cm³/mol. The maximum Gasteiger partial charge on any atom is 0.314 e. The van der Waals surface area contributed by atoms with Crippen LogP contribution in [0, 0.1) is 5.82 Å². The number of ether oxygens (including phenoxy) is 1. The number of halogens is 1. The molecule has 0 saturated heterocycles. The summed E-state index contributed by atoms with van der Waals surface area (Å²) in [6.45, 7) is 3.29. The van der Waals surface area contributed by atoms with Crippen molar-refractivity contribution in [1.29, 1.82) is 0 Å². The molecule has 3 N–H and O–H groups in total. The van der Waals surface area contributed by atoms with Crippen LogP contribution in [0.5, 0.6) is 5.75 Å². The lowest BCUT2D eigenvalue weighted by Gasteiger charge is -2.18. The van der Waals surface area contributed by atoms with Crippen LogP contribution in [0.15, 0.2) is 64.4 Å². The van der Waals surface area contributed by atoms with Crippen LogP contribution in [0.4, 0.5) is 4.39 Å². The Balaban J connectivity index is 2.08. The summed E-state index contributed by atoms with van der Waals surface area (Å²) in [7, 11) is -3.87. The Morgan fingerprint density at radius 2 is 1.74 bits per heavy atom. The molecule has 0 radical (unpaired) electrons. The number of hydrogen-bond donors (Lipinski definition) is 2. The average molecular weight is 447 g/mol. The number of rotatable bonds is 7. The molecule has 10 heteroatoms. The first-order valence-electron chi connectivity index (χ1n) is 9.32. The van der Waals surface area contributed by atoms with Gasteiger partial charge in [0.05, 0.1) is 29.0 Å². The minimum absolute atomic E-state index is 0.0352. The molecule has 0 saturated carbocycles. The van der Waals surface area contributed by atoms with Gasteiger partial charge in [0.25, 0.3) is 0 Å². The summed E-state index contributed by atoms with van der Waals surface area (Å²) < 4.78 is 43.1. The van der Waals surface area contributed by atoms with E-state index in [0.29, 0.717) is 16.8 Å². The number of benzene rings is 2. The monoisotopic (exact) mass is 447 g/mol. The van der Waals surface area contributed by atoms with Gasteiger partial charge in [-0.25, -0.2) is 17.9 Å². The molecule has 31 heavy (non-hydrogen) atoms. The minimum Gasteiger partial charge on any atom is -0.487 e. The molecule has 0 aliphatic rings. The summed E-state index contributed by atoms with van der Waals surface area (Å²) >= 11 is 0. The maximum absolute atomic E-state index is 13.3. The first-order valence-corrected chi connectivity index (χ1v) is 10.9. The van der Waals surface area contributed by atoms with Gasteiger partial charge < -0.3 is 9.84 Å². The van der Waals surface area contributed by atoms with Crippen molar-refractivity contribution in [2.24, 2.45) is 5.14 Å². The lowest BCUT2D eigenvalue weighted by molar-refractivity contribution is 0.0551. The van der Waals surface area contributed by atoms with E-state index in [2.05, 4.69) is 5.10 Å². The van der Waals surface area contributed by atoms with Crippen LogP contribution in [0.1, 0.15) is 20.3 Å². The van der Waals surface area contributed by atoms with E-state index in [9.17, 15) is 22.7 Å². The largest absolute Gasteiger partial charge is 0.487 e. The SMILES string of the molecule is CC(C)(O)CCOc1c(-c2ccc(S(N)(=O)=O)cc2)cnn(-c2ccc(F)cc2)c1=O. The van der Waals surface area contributed by atoms with E-state index in [1.165, 1.54) is 54.7 Å². The van der Waals surface area contributed by atoms with Crippen LogP contribution >= 0.6 is 0 Å². The molecule has 8 nitrogen and oxygen atoms in total. The van der Waals surface area contributed by atoms with Crippen molar-refractivity contribution in [2.45, 2.75) is 30.8 Å². The molecule has 0 bridgehead atoms. The van der Waals surface area contributed by atoms with Crippen molar-refractivity contribution in [3.63, 3.8) is 0 Å². The second-order valence-corrected chi connectivity index (χ2v) is 9.12. The lowest BCUT2D eigenvalue weighted by atomic mass is 10.1. The molecule has 1 heterocycles. The number of hydrogen-bond acceptors (Lipinski definition) is 6. The van der Waals surface area contributed by atoms with E-state index in [1.54, 1.807) is 13.8 Å². The van der Waals surface area contributed by atoms with Crippen molar-refractivity contribution < 1.29 is 22.7 Å². The molecular weight excluding hydrogens is 425 g/mol. The first-order chi connectivity index (χ1) is 14.5. The van der Waals surface area contributed by atoms with Gasteiger partial charge in [0.15, 0.2) is 5.75 Å². The third kappa shape index (κ3) is 5.54. The standard InChI is InChI=1S/C21H22FN3O5S/c1-21(2,27)11-12-30-19-18(14-3-9-17(10-4-14)31(23,28)29)13-24-25(20(19)26)16-7-5-15(22)6-8-16/h3-10,13,27H,11-12H2,1-2H3,(H2,23,28,29). The molecule has 0 amide bonds. The Bertz CT molecular complexity index is 1230. The average Bonchev–Trinajstić information content (AvgIpc) is 2.68. The van der Waals surface area contributed by atoms with E-state index in [4.69, 9.17) is 9.88 Å². The van der Waals surface area contributed by atoms with Gasteiger partial charge in [-0.1, -0.05) is 12.1 Å². The maximum atomic E-state index is 13.3. The molecule has 0 aliphatic carbocycles. The van der Waals surface area contributed by atoms with Crippen LogP contribution in [0.3, 0.4) is 0 Å². The van der Waals surface area contributed by atoms with Gasteiger partial charge in [-0.15, -0.1) is 0 Å². The zero-order chi connectivity index (χ0) is 22.8. The van der Waals surface area contributed by atoms with Crippen molar-refractivity contribution in [3.05, 3.63) is 70.9 Å². The van der Waals surface area contributed by atoms with Crippen molar-refractivity contribution in [1.82, 2.24) is 9.78 Å². The Kier molecular flexibility index (Phi) is 6.25. The highest BCUT2D eigenvalue weighted by Crippen LogP contribution is 2.28. The normalized spacial score (nSPS) is 12.0. The van der Waals surface area contributed by atoms with E-state index in [0.717, 1.165) is 4.68 Å². The zero-order valence-electron chi connectivity index (χ0n) is 16.9. The zero-order valence-corrected chi connectivity index (χ0v) is 17.8. The fourth-order valence-corrected chi connectivity index (χ4v) is 3.29. The van der Waals surface area contributed by atoms with Gasteiger partial charge in [-0.2, -0.15) is 9.78 Å². The van der Waals surface area contributed by atoms with Gasteiger partial charge in [0.1, 0.15) is 5.82 Å². The summed E-state index contributed by atoms with van der Waals surface area (Å²) in [5.74, 6) is -0.489. The molecule has 0 fully saturated rings. The van der Waals surface area contributed by atoms with E-state index < -0.39 is 27.0 Å². The summed E-state index contributed by atoms with van der Waals surface area (Å²) in [4.78, 5) is 13.1. The van der Waals surface area contributed by atoms with Crippen LogP contribution in [-0.2, 0) is 10.0 Å². The quantitative estimate of drug-likeness (QED) is 0.572. The second-order valence-electron chi connectivity index (χ2n) is 7.56. The highest BCUT2D eigenvalue weighted by Gasteiger charge is 2.19. The van der Waals surface area contributed by atoms with E-state index >= 15 is 0 Å². The van der Waals surface area contributed by atoms with Gasteiger partial charge in [-0.05, 0) is 55.8 Å². The summed E-state index contributed by atoms with van der Waals surface area (Å²) in [6, 6.07) is 10.8. The van der Waals surface area contributed by atoms with Gasteiger partial charge in [0.2, 0.25) is 10.0 Å². The van der Waals surface area contributed by atoms with Crippen LogP contribution in [0.2, 0.25) is 0 Å². The summed E-state index contributed by atoms with van der Waals surface area (Å²) in [5, 5.41) is 19.2. The Labute approximate surface area is 178 Å². The number of aromatic nitrogens is 2. The van der Waals surface area contributed by atoms with E-state index in [-0.39, 0.29) is 23.7 Å². The third-order valence-corrected chi connectivity index (χ3v) is 5.39. The van der Waals surface area contributed by atoms with E-state index in [1.807, 2.05) is 0 Å². The second kappa shape index (κ2) is 8.58. The molecule has 2 aromatic carbocycles. The molecule has 0 unspecified atom stereocenters. The number of nitrogens with two attached hydrogens (primary N) is 1. The third-order valence-electron chi connectivity index (χ3n) is 4.46. The van der Waals surface area contributed by atoms with Gasteiger partial charge in [-0.3, -0.25) is 4.79 Å². The fraction of sp³-hybridized carbons (Fsp3) is 0.238. The smallest absolute Gasteiger partial charge is 0.314 e. The fourth-order valence-electron chi connectivity index (χ4n) is 2.78.